The summed E-state index contributed by atoms with van der Waals surface area (Å²) in [6, 6.07) is 0. The predicted octanol–water partition coefficient (Wildman–Crippen LogP) is 1.55. The topological polar surface area (TPSA) is 26.0 Å². The Balaban J connectivity index is 2.92. The van der Waals surface area contributed by atoms with Crippen LogP contribution in [0.2, 0.25) is 0 Å². The fraction of sp³-hybridized carbons (Fsp3) is 0.500. The highest BCUT2D eigenvalue weighted by molar-refractivity contribution is 5.10. The van der Waals surface area contributed by atoms with Crippen LogP contribution < -0.4 is 0 Å². The maximum absolute atomic E-state index is 4.69. The van der Waals surface area contributed by atoms with E-state index in [-0.39, 0.29) is 0 Å². The Labute approximate surface area is 48.5 Å². The third-order valence-electron chi connectivity index (χ3n) is 1.18. The molecule has 0 aliphatic rings. The Morgan fingerprint density at radius 2 is 2.50 bits per heavy atom. The zero-order valence-corrected chi connectivity index (χ0v) is 5.14. The van der Waals surface area contributed by atoms with Gasteiger partial charge in [0.1, 0.15) is 6.26 Å². The first kappa shape index (κ1) is 5.35. The van der Waals surface area contributed by atoms with Gasteiger partial charge in [-0.2, -0.15) is 0 Å². The number of nitrogens with zero attached hydrogens (tertiary/aromatic N) is 1. The molecule has 0 aliphatic carbocycles. The van der Waals surface area contributed by atoms with Crippen molar-refractivity contribution in [1.82, 2.24) is 5.16 Å². The van der Waals surface area contributed by atoms with Crippen molar-refractivity contribution in [3.05, 3.63) is 17.5 Å². The maximum atomic E-state index is 4.69. The van der Waals surface area contributed by atoms with Crippen molar-refractivity contribution in [2.24, 2.45) is 0 Å². The van der Waals surface area contributed by atoms with E-state index in [1.165, 1.54) is 0 Å². The molecule has 0 atom stereocenters. The Kier molecular flexibility index (Phi) is 1.33. The average molecular weight is 111 g/mol. The van der Waals surface area contributed by atoms with Gasteiger partial charge in [-0.3, -0.25) is 0 Å². The fourth-order valence-electron chi connectivity index (χ4n) is 0.652. The second kappa shape index (κ2) is 1.99. The van der Waals surface area contributed by atoms with Crippen LogP contribution in [0.5, 0.6) is 0 Å². The van der Waals surface area contributed by atoms with Crippen LogP contribution in [0.15, 0.2) is 10.8 Å². The van der Waals surface area contributed by atoms with Crippen molar-refractivity contribution in [3.8, 4) is 0 Å². The van der Waals surface area contributed by atoms with Crippen LogP contribution in [0.25, 0.3) is 0 Å². The SMILES string of the molecule is CCc1nocc1C. The summed E-state index contributed by atoms with van der Waals surface area (Å²) in [5.41, 5.74) is 2.21. The molecule has 0 saturated carbocycles. The van der Waals surface area contributed by atoms with Crippen LogP contribution in [-0.2, 0) is 6.42 Å². The van der Waals surface area contributed by atoms with E-state index in [1.807, 2.05) is 6.92 Å². The lowest BCUT2D eigenvalue weighted by atomic mass is 10.2. The van der Waals surface area contributed by atoms with Crippen LogP contribution >= 0.6 is 0 Å². The van der Waals surface area contributed by atoms with E-state index in [2.05, 4.69) is 16.6 Å². The van der Waals surface area contributed by atoms with E-state index in [4.69, 9.17) is 0 Å². The average Bonchev–Trinajstić information content (AvgIpc) is 2.14. The molecule has 0 fully saturated rings. The van der Waals surface area contributed by atoms with Crippen LogP contribution in [0.1, 0.15) is 18.2 Å². The van der Waals surface area contributed by atoms with Gasteiger partial charge >= 0.3 is 0 Å². The largest absolute Gasteiger partial charge is 0.364 e. The van der Waals surface area contributed by atoms with E-state index in [0.29, 0.717) is 0 Å². The maximum Gasteiger partial charge on any atom is 0.126 e. The number of hydrogen-bond acceptors (Lipinski definition) is 2. The molecule has 1 aromatic heterocycles. The molecule has 0 spiro atoms. The van der Waals surface area contributed by atoms with Gasteiger partial charge in [-0.05, 0) is 13.3 Å². The molecule has 0 bridgehead atoms. The number of rotatable bonds is 1. The third-order valence-corrected chi connectivity index (χ3v) is 1.18. The Hall–Kier alpha value is -0.790. The van der Waals surface area contributed by atoms with Gasteiger partial charge in [0.2, 0.25) is 0 Å². The Bertz CT molecular complexity index is 169. The number of aryl methyl sites for hydroxylation is 2. The first-order chi connectivity index (χ1) is 3.84. The van der Waals surface area contributed by atoms with Crippen molar-refractivity contribution < 1.29 is 4.52 Å². The monoisotopic (exact) mass is 111 g/mol. The van der Waals surface area contributed by atoms with Gasteiger partial charge in [0.25, 0.3) is 0 Å². The van der Waals surface area contributed by atoms with Gasteiger partial charge in [-0.15, -0.1) is 0 Å². The molecule has 0 aliphatic heterocycles. The molecule has 1 aromatic rings. The molecule has 8 heavy (non-hydrogen) atoms. The summed E-state index contributed by atoms with van der Waals surface area (Å²) in [5.74, 6) is 0. The summed E-state index contributed by atoms with van der Waals surface area (Å²) in [7, 11) is 0. The molecule has 0 unspecified atom stereocenters. The fourth-order valence-corrected chi connectivity index (χ4v) is 0.652. The second-order valence-corrected chi connectivity index (χ2v) is 1.80. The van der Waals surface area contributed by atoms with Crippen molar-refractivity contribution in [1.29, 1.82) is 0 Å². The lowest BCUT2D eigenvalue weighted by Gasteiger charge is -1.82. The van der Waals surface area contributed by atoms with E-state index >= 15 is 0 Å². The molecule has 1 rings (SSSR count). The van der Waals surface area contributed by atoms with Gasteiger partial charge in [-0.25, -0.2) is 0 Å². The summed E-state index contributed by atoms with van der Waals surface area (Å²) in [6.45, 7) is 4.06. The molecule has 44 valence electrons. The van der Waals surface area contributed by atoms with E-state index in [9.17, 15) is 0 Å². The van der Waals surface area contributed by atoms with E-state index in [1.54, 1.807) is 6.26 Å². The van der Waals surface area contributed by atoms with Crippen LogP contribution in [0.3, 0.4) is 0 Å². The van der Waals surface area contributed by atoms with Crippen molar-refractivity contribution in [2.45, 2.75) is 20.3 Å². The Morgan fingerprint density at radius 1 is 1.75 bits per heavy atom. The summed E-state index contributed by atoms with van der Waals surface area (Å²) >= 11 is 0. The minimum absolute atomic E-state index is 0.961. The molecule has 0 radical (unpaired) electrons. The molecule has 0 amide bonds. The summed E-state index contributed by atoms with van der Waals surface area (Å²) < 4.78 is 4.69. The zero-order chi connectivity index (χ0) is 5.98. The van der Waals surface area contributed by atoms with Gasteiger partial charge in [0.15, 0.2) is 0 Å². The van der Waals surface area contributed by atoms with Gasteiger partial charge in [-0.1, -0.05) is 12.1 Å². The van der Waals surface area contributed by atoms with Crippen molar-refractivity contribution in [3.63, 3.8) is 0 Å². The van der Waals surface area contributed by atoms with Crippen molar-refractivity contribution >= 4 is 0 Å². The quantitative estimate of drug-likeness (QED) is 0.549. The lowest BCUT2D eigenvalue weighted by Crippen LogP contribution is -1.79. The molecule has 1 heterocycles. The van der Waals surface area contributed by atoms with Crippen molar-refractivity contribution in [2.75, 3.05) is 0 Å². The first-order valence-electron chi connectivity index (χ1n) is 2.74. The lowest BCUT2D eigenvalue weighted by molar-refractivity contribution is 0.412. The summed E-state index contributed by atoms with van der Waals surface area (Å²) in [4.78, 5) is 0. The normalized spacial score (nSPS) is 9.75. The molecule has 2 heteroatoms. The van der Waals surface area contributed by atoms with Crippen LogP contribution in [0, 0.1) is 6.92 Å². The smallest absolute Gasteiger partial charge is 0.126 e. The third kappa shape index (κ3) is 0.735. The molecule has 0 saturated heterocycles. The second-order valence-electron chi connectivity index (χ2n) is 1.80. The summed E-state index contributed by atoms with van der Waals surface area (Å²) in [5, 5.41) is 3.76. The summed E-state index contributed by atoms with van der Waals surface area (Å²) in [6.07, 6.45) is 2.63. The Morgan fingerprint density at radius 3 is 2.75 bits per heavy atom. The van der Waals surface area contributed by atoms with Crippen LogP contribution in [-0.4, -0.2) is 5.16 Å². The highest BCUT2D eigenvalue weighted by Crippen LogP contribution is 2.03. The highest BCUT2D eigenvalue weighted by atomic mass is 16.5. The van der Waals surface area contributed by atoms with E-state index in [0.717, 1.165) is 17.7 Å². The first-order valence-corrected chi connectivity index (χ1v) is 2.74. The molecule has 2 nitrogen and oxygen atoms in total. The standard InChI is InChI=1S/C6H9NO/c1-3-6-5(2)4-8-7-6/h4H,3H2,1-2H3. The molecule has 0 aromatic carbocycles. The number of aromatic nitrogens is 1. The van der Waals surface area contributed by atoms with E-state index < -0.39 is 0 Å². The minimum Gasteiger partial charge on any atom is -0.364 e. The number of hydrogen-bond donors (Lipinski definition) is 0. The van der Waals surface area contributed by atoms with Gasteiger partial charge in [0, 0.05) is 5.56 Å². The zero-order valence-electron chi connectivity index (χ0n) is 5.14. The predicted molar refractivity (Wildman–Crippen MR) is 30.6 cm³/mol. The highest BCUT2D eigenvalue weighted by Gasteiger charge is 1.96. The molecular formula is C6H9NO. The molecule has 0 N–H and O–H groups in total. The minimum atomic E-state index is 0.961. The van der Waals surface area contributed by atoms with Gasteiger partial charge < -0.3 is 4.52 Å². The molecular weight excluding hydrogens is 102 g/mol. The van der Waals surface area contributed by atoms with Crippen LogP contribution in [0.4, 0.5) is 0 Å². The van der Waals surface area contributed by atoms with Gasteiger partial charge in [0.05, 0.1) is 5.69 Å².